The molecule has 0 aliphatic heterocycles. The summed E-state index contributed by atoms with van der Waals surface area (Å²) in [5.41, 5.74) is 0. The molecule has 0 radical (unpaired) electrons. The molecule has 0 aromatic carbocycles. The Kier molecular flexibility index (Phi) is 12.8. The van der Waals surface area contributed by atoms with Gasteiger partial charge in [0, 0.05) is 6.42 Å². The summed E-state index contributed by atoms with van der Waals surface area (Å²) < 4.78 is 0. The molecular weight excluding hydrogens is 100 g/mol. The highest BCUT2D eigenvalue weighted by Crippen LogP contribution is 1.89. The molecule has 0 aliphatic carbocycles. The molecular formula is C7H14O. The highest BCUT2D eigenvalue weighted by atomic mass is 16.0. The summed E-state index contributed by atoms with van der Waals surface area (Å²) >= 11 is 0. The largest absolute Gasteiger partial charge is 0.412 e. The van der Waals surface area contributed by atoms with Crippen molar-refractivity contribution >= 4 is 0 Å². The molecule has 0 saturated heterocycles. The lowest BCUT2D eigenvalue weighted by atomic mass is 10.3. The van der Waals surface area contributed by atoms with Crippen molar-refractivity contribution in [2.75, 3.05) is 0 Å². The predicted octanol–water partition coefficient (Wildman–Crippen LogP) is 1.38. The molecule has 0 aliphatic rings. The smallest absolute Gasteiger partial charge is 0.00884 e. The minimum Gasteiger partial charge on any atom is -0.412 e. The maximum Gasteiger partial charge on any atom is 0.00884 e. The van der Waals surface area contributed by atoms with Crippen molar-refractivity contribution in [3.8, 4) is 11.8 Å². The Morgan fingerprint density at radius 1 is 1.38 bits per heavy atom. The number of hydrogen-bond donors (Lipinski definition) is 0. The van der Waals surface area contributed by atoms with Crippen LogP contribution in [-0.2, 0) is 0 Å². The van der Waals surface area contributed by atoms with Gasteiger partial charge in [-0.15, -0.1) is 11.8 Å². The second kappa shape index (κ2) is 9.72. The lowest BCUT2D eigenvalue weighted by Gasteiger charge is -1.80. The zero-order valence-corrected chi connectivity index (χ0v) is 5.62. The van der Waals surface area contributed by atoms with Crippen molar-refractivity contribution in [3.05, 3.63) is 0 Å². The van der Waals surface area contributed by atoms with Crippen LogP contribution in [0.15, 0.2) is 0 Å². The normalized spacial score (nSPS) is 6.25. The highest BCUT2D eigenvalue weighted by Gasteiger charge is 1.72. The first-order chi connectivity index (χ1) is 3.41. The van der Waals surface area contributed by atoms with Crippen LogP contribution >= 0.6 is 0 Å². The molecule has 0 rings (SSSR count). The van der Waals surface area contributed by atoms with Gasteiger partial charge >= 0.3 is 0 Å². The average molecular weight is 114 g/mol. The zero-order valence-electron chi connectivity index (χ0n) is 5.62. The van der Waals surface area contributed by atoms with Gasteiger partial charge in [-0.1, -0.05) is 13.3 Å². The molecule has 0 aromatic rings. The van der Waals surface area contributed by atoms with Crippen molar-refractivity contribution in [1.82, 2.24) is 0 Å². The molecule has 0 unspecified atom stereocenters. The van der Waals surface area contributed by atoms with Crippen LogP contribution in [-0.4, -0.2) is 5.48 Å². The van der Waals surface area contributed by atoms with Gasteiger partial charge in [0.2, 0.25) is 0 Å². The van der Waals surface area contributed by atoms with Gasteiger partial charge in [0.15, 0.2) is 0 Å². The minimum absolute atomic E-state index is 0. The van der Waals surface area contributed by atoms with E-state index in [0.717, 1.165) is 6.42 Å². The molecule has 0 spiro atoms. The maximum atomic E-state index is 3.00. The van der Waals surface area contributed by atoms with Gasteiger partial charge in [0.1, 0.15) is 0 Å². The van der Waals surface area contributed by atoms with E-state index in [-0.39, 0.29) is 5.48 Å². The third-order valence-corrected chi connectivity index (χ3v) is 0.832. The van der Waals surface area contributed by atoms with E-state index >= 15 is 0 Å². The van der Waals surface area contributed by atoms with Gasteiger partial charge in [-0.3, -0.25) is 0 Å². The zero-order chi connectivity index (χ0) is 5.54. The van der Waals surface area contributed by atoms with Crippen LogP contribution in [0.3, 0.4) is 0 Å². The fraction of sp³-hybridized carbons (Fsp3) is 0.714. The molecule has 1 nitrogen and oxygen atoms in total. The van der Waals surface area contributed by atoms with E-state index in [9.17, 15) is 0 Å². The van der Waals surface area contributed by atoms with Gasteiger partial charge in [-0.05, 0) is 13.3 Å². The summed E-state index contributed by atoms with van der Waals surface area (Å²) in [4.78, 5) is 0. The molecule has 1 heteroatoms. The summed E-state index contributed by atoms with van der Waals surface area (Å²) in [5.74, 6) is 5.85. The number of rotatable bonds is 2. The second-order valence-corrected chi connectivity index (χ2v) is 1.53. The van der Waals surface area contributed by atoms with Crippen LogP contribution in [0.4, 0.5) is 0 Å². The standard InChI is InChI=1S/C7H12.H2O/c1-3-5-7-6-4-2;/h3,5,7H2,1-2H3;1H2. The second-order valence-electron chi connectivity index (χ2n) is 1.53. The SMILES string of the molecule is CC#CCCCC.O. The molecule has 0 aromatic heterocycles. The van der Waals surface area contributed by atoms with Crippen molar-refractivity contribution in [1.29, 1.82) is 0 Å². The third kappa shape index (κ3) is 9.10. The summed E-state index contributed by atoms with van der Waals surface area (Å²) in [6.45, 7) is 4.06. The molecule has 0 amide bonds. The van der Waals surface area contributed by atoms with E-state index in [1.807, 2.05) is 6.92 Å². The maximum absolute atomic E-state index is 3.00. The molecule has 8 heavy (non-hydrogen) atoms. The van der Waals surface area contributed by atoms with E-state index in [1.54, 1.807) is 0 Å². The van der Waals surface area contributed by atoms with Crippen LogP contribution in [0.1, 0.15) is 33.1 Å². The van der Waals surface area contributed by atoms with Gasteiger partial charge in [-0.25, -0.2) is 0 Å². The highest BCUT2D eigenvalue weighted by molar-refractivity contribution is 4.94. The average Bonchev–Trinajstić information content (AvgIpc) is 1.69. The van der Waals surface area contributed by atoms with Crippen molar-refractivity contribution < 1.29 is 5.48 Å². The van der Waals surface area contributed by atoms with Crippen LogP contribution in [0.5, 0.6) is 0 Å². The Balaban J connectivity index is 0. The van der Waals surface area contributed by atoms with Gasteiger partial charge in [0.25, 0.3) is 0 Å². The molecule has 0 atom stereocenters. The van der Waals surface area contributed by atoms with Crippen LogP contribution in [0, 0.1) is 11.8 Å². The molecule has 0 heterocycles. The lowest BCUT2D eigenvalue weighted by molar-refractivity contribution is 0.824. The van der Waals surface area contributed by atoms with E-state index in [0.29, 0.717) is 0 Å². The number of unbranched alkanes of at least 4 members (excludes halogenated alkanes) is 2. The fourth-order valence-corrected chi connectivity index (χ4v) is 0.390. The molecule has 0 saturated carbocycles. The van der Waals surface area contributed by atoms with E-state index in [1.165, 1.54) is 12.8 Å². The lowest BCUT2D eigenvalue weighted by Crippen LogP contribution is -1.64. The molecule has 0 bridgehead atoms. The third-order valence-electron chi connectivity index (χ3n) is 0.832. The Labute approximate surface area is 51.4 Å². The topological polar surface area (TPSA) is 31.5 Å². The number of hydrogen-bond acceptors (Lipinski definition) is 0. The Bertz CT molecular complexity index is 76.1. The van der Waals surface area contributed by atoms with E-state index in [4.69, 9.17) is 0 Å². The Morgan fingerprint density at radius 2 is 2.00 bits per heavy atom. The van der Waals surface area contributed by atoms with Crippen molar-refractivity contribution in [2.24, 2.45) is 0 Å². The Morgan fingerprint density at radius 3 is 2.38 bits per heavy atom. The van der Waals surface area contributed by atoms with Crippen LogP contribution < -0.4 is 0 Å². The fourth-order valence-electron chi connectivity index (χ4n) is 0.390. The van der Waals surface area contributed by atoms with Gasteiger partial charge < -0.3 is 5.48 Å². The van der Waals surface area contributed by atoms with Gasteiger partial charge in [0.05, 0.1) is 0 Å². The summed E-state index contributed by atoms with van der Waals surface area (Å²) in [7, 11) is 0. The first-order valence-corrected chi connectivity index (χ1v) is 2.81. The quantitative estimate of drug-likeness (QED) is 0.383. The summed E-state index contributed by atoms with van der Waals surface area (Å²) in [6, 6.07) is 0. The first kappa shape index (κ1) is 10.5. The van der Waals surface area contributed by atoms with Crippen molar-refractivity contribution in [3.63, 3.8) is 0 Å². The summed E-state index contributed by atoms with van der Waals surface area (Å²) in [5, 5.41) is 0. The van der Waals surface area contributed by atoms with Crippen LogP contribution in [0.25, 0.3) is 0 Å². The van der Waals surface area contributed by atoms with E-state index < -0.39 is 0 Å². The molecule has 0 fully saturated rings. The molecule has 48 valence electrons. The summed E-state index contributed by atoms with van der Waals surface area (Å²) in [6.07, 6.45) is 3.59. The van der Waals surface area contributed by atoms with Crippen LogP contribution in [0.2, 0.25) is 0 Å². The van der Waals surface area contributed by atoms with E-state index in [2.05, 4.69) is 18.8 Å². The Hall–Kier alpha value is -0.480. The minimum atomic E-state index is 0. The van der Waals surface area contributed by atoms with Crippen molar-refractivity contribution in [2.45, 2.75) is 33.1 Å². The molecule has 2 N–H and O–H groups in total. The predicted molar refractivity (Wildman–Crippen MR) is 36.6 cm³/mol. The monoisotopic (exact) mass is 114 g/mol. The van der Waals surface area contributed by atoms with Gasteiger partial charge in [-0.2, -0.15) is 0 Å². The first-order valence-electron chi connectivity index (χ1n) is 2.81.